The highest BCUT2D eigenvalue weighted by atomic mass is 127. The number of nitrogens with zero attached hydrogens (tertiary/aromatic N) is 1. The monoisotopic (exact) mass is 425 g/mol. The summed E-state index contributed by atoms with van der Waals surface area (Å²) in [5, 5.41) is 10.5. The van der Waals surface area contributed by atoms with E-state index in [9.17, 15) is 9.50 Å². The first-order valence-electron chi connectivity index (χ1n) is 8.03. The Morgan fingerprint density at radius 3 is 2.39 bits per heavy atom. The summed E-state index contributed by atoms with van der Waals surface area (Å²) >= 11 is 2.38. The van der Waals surface area contributed by atoms with Crippen molar-refractivity contribution in [1.29, 1.82) is 0 Å². The molecule has 122 valence electrons. The second kappa shape index (κ2) is 7.73. The van der Waals surface area contributed by atoms with Gasteiger partial charge >= 0.3 is 0 Å². The van der Waals surface area contributed by atoms with Crippen LogP contribution in [0.4, 0.5) is 4.39 Å². The van der Waals surface area contributed by atoms with Crippen molar-refractivity contribution in [1.82, 2.24) is 4.90 Å². The Hall–Kier alpha value is -0.980. The second-order valence-electron chi connectivity index (χ2n) is 6.20. The van der Waals surface area contributed by atoms with E-state index in [4.69, 9.17) is 0 Å². The van der Waals surface area contributed by atoms with Crippen molar-refractivity contribution in [2.75, 3.05) is 13.1 Å². The third kappa shape index (κ3) is 4.31. The molecule has 23 heavy (non-hydrogen) atoms. The summed E-state index contributed by atoms with van der Waals surface area (Å²) in [6.07, 6.45) is 1.46. The fraction of sp³-hybridized carbons (Fsp3) is 0.368. The Labute approximate surface area is 150 Å². The molecule has 1 heterocycles. The standard InChI is InChI=1S/C19H21FINO/c20-17-7-5-14(6-8-17)19(23)15-9-11-22(12-10-15)13-16-3-1-2-4-18(16)21/h1-8,15,19,23H,9-13H2/t19-/m1/s1. The molecule has 2 aromatic rings. The number of hydrogen-bond acceptors (Lipinski definition) is 2. The first kappa shape index (κ1) is 16.9. The number of likely N-dealkylation sites (tertiary alicyclic amines) is 1. The van der Waals surface area contributed by atoms with Crippen molar-refractivity contribution < 1.29 is 9.50 Å². The fourth-order valence-corrected chi connectivity index (χ4v) is 3.78. The van der Waals surface area contributed by atoms with Crippen molar-refractivity contribution in [2.24, 2.45) is 5.92 Å². The SMILES string of the molecule is O[C@H](c1ccc(F)cc1)C1CCN(Cc2ccccc2I)CC1. The lowest BCUT2D eigenvalue weighted by Gasteiger charge is -2.34. The van der Waals surface area contributed by atoms with Gasteiger partial charge in [0.15, 0.2) is 0 Å². The lowest BCUT2D eigenvalue weighted by molar-refractivity contribution is 0.0567. The first-order valence-corrected chi connectivity index (χ1v) is 9.10. The van der Waals surface area contributed by atoms with Crippen LogP contribution in [0, 0.1) is 15.3 Å². The molecule has 0 spiro atoms. The summed E-state index contributed by atoms with van der Waals surface area (Å²) in [4.78, 5) is 2.45. The average molecular weight is 425 g/mol. The molecule has 0 aromatic heterocycles. The van der Waals surface area contributed by atoms with Gasteiger partial charge in [-0.15, -0.1) is 0 Å². The second-order valence-corrected chi connectivity index (χ2v) is 7.36. The van der Waals surface area contributed by atoms with E-state index in [0.717, 1.165) is 38.0 Å². The van der Waals surface area contributed by atoms with Crippen LogP contribution in [0.1, 0.15) is 30.1 Å². The van der Waals surface area contributed by atoms with E-state index in [2.05, 4.69) is 51.8 Å². The molecule has 1 N–H and O–H groups in total. The van der Waals surface area contributed by atoms with E-state index in [1.165, 1.54) is 21.3 Å². The molecule has 3 rings (SSSR count). The van der Waals surface area contributed by atoms with Crippen LogP contribution in [0.3, 0.4) is 0 Å². The van der Waals surface area contributed by atoms with Gasteiger partial charge in [0.2, 0.25) is 0 Å². The molecule has 0 bridgehead atoms. The van der Waals surface area contributed by atoms with Gasteiger partial charge in [-0.3, -0.25) is 4.90 Å². The molecule has 0 amide bonds. The molecule has 2 nitrogen and oxygen atoms in total. The predicted octanol–water partition coefficient (Wildman–Crippen LogP) is 4.38. The topological polar surface area (TPSA) is 23.5 Å². The lowest BCUT2D eigenvalue weighted by Crippen LogP contribution is -2.35. The third-order valence-electron chi connectivity index (χ3n) is 4.64. The Morgan fingerprint density at radius 1 is 1.09 bits per heavy atom. The highest BCUT2D eigenvalue weighted by molar-refractivity contribution is 14.1. The largest absolute Gasteiger partial charge is 0.388 e. The van der Waals surface area contributed by atoms with Crippen LogP contribution in [0.2, 0.25) is 0 Å². The smallest absolute Gasteiger partial charge is 0.123 e. The van der Waals surface area contributed by atoms with Gasteiger partial charge in [0.1, 0.15) is 5.82 Å². The van der Waals surface area contributed by atoms with E-state index in [-0.39, 0.29) is 11.7 Å². The number of aliphatic hydroxyl groups is 1. The molecule has 1 aliphatic rings. The highest BCUT2D eigenvalue weighted by Gasteiger charge is 2.26. The third-order valence-corrected chi connectivity index (χ3v) is 5.69. The fourth-order valence-electron chi connectivity index (χ4n) is 3.23. The predicted molar refractivity (Wildman–Crippen MR) is 98.5 cm³/mol. The van der Waals surface area contributed by atoms with Gasteiger partial charge in [-0.1, -0.05) is 30.3 Å². The summed E-state index contributed by atoms with van der Waals surface area (Å²) in [6, 6.07) is 14.7. The molecule has 1 saturated heterocycles. The van der Waals surface area contributed by atoms with Gasteiger partial charge in [-0.2, -0.15) is 0 Å². The van der Waals surface area contributed by atoms with Crippen LogP contribution in [-0.4, -0.2) is 23.1 Å². The molecule has 1 fully saturated rings. The quantitative estimate of drug-likeness (QED) is 0.736. The summed E-state index contributed by atoms with van der Waals surface area (Å²) in [5.74, 6) is -0.000195. The van der Waals surface area contributed by atoms with E-state index in [0.29, 0.717) is 0 Å². The minimum atomic E-state index is -0.491. The molecule has 4 heteroatoms. The normalized spacial score (nSPS) is 18.0. The number of piperidine rings is 1. The number of halogens is 2. The molecule has 2 aromatic carbocycles. The molecular formula is C19H21FINO. The first-order chi connectivity index (χ1) is 11.1. The summed E-state index contributed by atoms with van der Waals surface area (Å²) in [5.41, 5.74) is 2.19. The average Bonchev–Trinajstić information content (AvgIpc) is 2.58. The van der Waals surface area contributed by atoms with Crippen molar-refractivity contribution in [3.8, 4) is 0 Å². The van der Waals surface area contributed by atoms with Gasteiger partial charge in [0.05, 0.1) is 6.10 Å². The van der Waals surface area contributed by atoms with Crippen LogP contribution in [0.5, 0.6) is 0 Å². The summed E-state index contributed by atoms with van der Waals surface area (Å²) < 4.78 is 14.3. The number of aliphatic hydroxyl groups excluding tert-OH is 1. The molecule has 0 aliphatic carbocycles. The molecule has 0 unspecified atom stereocenters. The van der Waals surface area contributed by atoms with Gasteiger partial charge in [-0.25, -0.2) is 4.39 Å². The van der Waals surface area contributed by atoms with Gasteiger partial charge in [0.25, 0.3) is 0 Å². The van der Waals surface area contributed by atoms with E-state index in [1.807, 2.05) is 0 Å². The zero-order valence-electron chi connectivity index (χ0n) is 13.0. The highest BCUT2D eigenvalue weighted by Crippen LogP contribution is 2.31. The lowest BCUT2D eigenvalue weighted by atomic mass is 9.87. The minimum Gasteiger partial charge on any atom is -0.388 e. The Morgan fingerprint density at radius 2 is 1.74 bits per heavy atom. The van der Waals surface area contributed by atoms with E-state index >= 15 is 0 Å². The van der Waals surface area contributed by atoms with Crippen molar-refractivity contribution >= 4 is 22.6 Å². The maximum atomic E-state index is 13.0. The molecular weight excluding hydrogens is 404 g/mol. The number of hydrogen-bond donors (Lipinski definition) is 1. The summed E-state index contributed by atoms with van der Waals surface area (Å²) in [7, 11) is 0. The maximum absolute atomic E-state index is 13.0. The van der Waals surface area contributed by atoms with Crippen LogP contribution in [0.15, 0.2) is 48.5 Å². The van der Waals surface area contributed by atoms with Gasteiger partial charge in [0, 0.05) is 10.1 Å². The van der Waals surface area contributed by atoms with E-state index in [1.54, 1.807) is 12.1 Å². The van der Waals surface area contributed by atoms with Crippen LogP contribution >= 0.6 is 22.6 Å². The molecule has 0 saturated carbocycles. The van der Waals surface area contributed by atoms with Gasteiger partial charge in [-0.05, 0) is 83.8 Å². The van der Waals surface area contributed by atoms with Crippen LogP contribution in [-0.2, 0) is 6.54 Å². The van der Waals surface area contributed by atoms with Crippen LogP contribution < -0.4 is 0 Å². The maximum Gasteiger partial charge on any atom is 0.123 e. The van der Waals surface area contributed by atoms with Crippen molar-refractivity contribution in [3.63, 3.8) is 0 Å². The Bertz CT molecular complexity index is 638. The minimum absolute atomic E-state index is 0.256. The van der Waals surface area contributed by atoms with Crippen molar-refractivity contribution in [3.05, 3.63) is 69.0 Å². The van der Waals surface area contributed by atoms with Crippen LogP contribution in [0.25, 0.3) is 0 Å². The Kier molecular flexibility index (Phi) is 5.67. The zero-order chi connectivity index (χ0) is 16.2. The van der Waals surface area contributed by atoms with Gasteiger partial charge < -0.3 is 5.11 Å². The number of benzene rings is 2. The molecule has 1 atom stereocenters. The zero-order valence-corrected chi connectivity index (χ0v) is 15.1. The summed E-state index contributed by atoms with van der Waals surface area (Å²) in [6.45, 7) is 2.96. The molecule has 0 radical (unpaired) electrons. The van der Waals surface area contributed by atoms with E-state index < -0.39 is 6.10 Å². The Balaban J connectivity index is 1.56. The number of rotatable bonds is 4. The van der Waals surface area contributed by atoms with Crippen molar-refractivity contribution in [2.45, 2.75) is 25.5 Å². The molecule has 1 aliphatic heterocycles.